The molecule has 0 saturated carbocycles. The van der Waals surface area contributed by atoms with Crippen molar-refractivity contribution in [3.63, 3.8) is 0 Å². The summed E-state index contributed by atoms with van der Waals surface area (Å²) in [6.07, 6.45) is 3.41. The SMILES string of the molecule is CCOc1ccc(N(CC(=O)N/N=C/c2cc(C)n(-c3cc(Cl)ccc3Cl)c2C)S(=O)(=O)c2ccc(SC)cc2)cc1. The van der Waals surface area contributed by atoms with Crippen molar-refractivity contribution in [1.29, 1.82) is 0 Å². The summed E-state index contributed by atoms with van der Waals surface area (Å²) < 4.78 is 35.9. The summed E-state index contributed by atoms with van der Waals surface area (Å²) in [5.74, 6) is -0.0234. The van der Waals surface area contributed by atoms with E-state index in [4.69, 9.17) is 27.9 Å². The van der Waals surface area contributed by atoms with Gasteiger partial charge in [-0.05, 0) is 99.8 Å². The lowest BCUT2D eigenvalue weighted by Gasteiger charge is -2.24. The van der Waals surface area contributed by atoms with Gasteiger partial charge in [-0.15, -0.1) is 11.8 Å². The summed E-state index contributed by atoms with van der Waals surface area (Å²) in [6, 6.07) is 20.2. The number of nitrogens with one attached hydrogen (secondary N) is 1. The molecule has 0 fully saturated rings. The van der Waals surface area contributed by atoms with Crippen LogP contribution < -0.4 is 14.5 Å². The van der Waals surface area contributed by atoms with Gasteiger partial charge in [0.1, 0.15) is 12.3 Å². The van der Waals surface area contributed by atoms with Crippen LogP contribution >= 0.6 is 35.0 Å². The third-order valence-electron chi connectivity index (χ3n) is 6.38. The van der Waals surface area contributed by atoms with E-state index in [0.29, 0.717) is 28.1 Å². The van der Waals surface area contributed by atoms with Crippen LogP contribution in [0.3, 0.4) is 0 Å². The zero-order valence-corrected chi connectivity index (χ0v) is 26.6. The Morgan fingerprint density at radius 1 is 1.05 bits per heavy atom. The first kappa shape index (κ1) is 31.5. The minimum absolute atomic E-state index is 0.0672. The summed E-state index contributed by atoms with van der Waals surface area (Å²) in [7, 11) is -4.08. The van der Waals surface area contributed by atoms with Gasteiger partial charge in [0.15, 0.2) is 0 Å². The Kier molecular flexibility index (Phi) is 10.3. The average molecular weight is 646 g/mol. The number of hydrazone groups is 1. The second-order valence-electron chi connectivity index (χ2n) is 9.16. The van der Waals surface area contributed by atoms with Gasteiger partial charge >= 0.3 is 0 Å². The van der Waals surface area contributed by atoms with Crippen molar-refractivity contribution >= 4 is 62.8 Å². The first-order valence-corrected chi connectivity index (χ1v) is 16.3. The smallest absolute Gasteiger partial charge is 0.264 e. The summed E-state index contributed by atoms with van der Waals surface area (Å²) in [6.45, 7) is 5.66. The summed E-state index contributed by atoms with van der Waals surface area (Å²) >= 11 is 14.1. The van der Waals surface area contributed by atoms with Gasteiger partial charge in [-0.3, -0.25) is 9.10 Å². The molecule has 3 aromatic carbocycles. The molecule has 1 N–H and O–H groups in total. The van der Waals surface area contributed by atoms with Gasteiger partial charge in [-0.25, -0.2) is 13.8 Å². The van der Waals surface area contributed by atoms with Gasteiger partial charge < -0.3 is 9.30 Å². The Morgan fingerprint density at radius 2 is 1.74 bits per heavy atom. The number of anilines is 1. The fraction of sp³-hybridized carbons (Fsp3) is 0.200. The van der Waals surface area contributed by atoms with Gasteiger partial charge in [0.05, 0.1) is 34.1 Å². The van der Waals surface area contributed by atoms with Gasteiger partial charge in [0.25, 0.3) is 15.9 Å². The maximum atomic E-state index is 13.7. The van der Waals surface area contributed by atoms with Gasteiger partial charge in [0.2, 0.25) is 0 Å². The molecule has 12 heteroatoms. The lowest BCUT2D eigenvalue weighted by atomic mass is 10.2. The second-order valence-corrected chi connectivity index (χ2v) is 12.8. The zero-order chi connectivity index (χ0) is 30.4. The predicted octanol–water partition coefficient (Wildman–Crippen LogP) is 6.87. The van der Waals surface area contributed by atoms with Gasteiger partial charge in [-0.1, -0.05) is 23.2 Å². The van der Waals surface area contributed by atoms with Crippen molar-refractivity contribution in [3.05, 3.63) is 99.8 Å². The molecular formula is C30H30Cl2N4O4S2. The zero-order valence-electron chi connectivity index (χ0n) is 23.5. The number of amides is 1. The standard InChI is InChI=1S/C30H30Cl2N4O4S2/c1-5-40-25-9-7-24(8-10-25)35(42(38,39)27-13-11-26(41-4)12-14-27)19-30(37)34-33-18-22-16-20(2)36(21(22)3)29-17-23(31)6-15-28(29)32/h6-18H,5,19H2,1-4H3,(H,34,37)/b33-18+. The monoisotopic (exact) mass is 644 g/mol. The van der Waals surface area contributed by atoms with Crippen molar-refractivity contribution in [2.24, 2.45) is 5.10 Å². The fourth-order valence-corrected chi connectivity index (χ4v) is 6.55. The van der Waals surface area contributed by atoms with E-state index >= 15 is 0 Å². The third kappa shape index (κ3) is 7.12. The van der Waals surface area contributed by atoms with E-state index in [0.717, 1.165) is 31.8 Å². The normalized spacial score (nSPS) is 11.6. The molecule has 1 aromatic heterocycles. The molecule has 8 nitrogen and oxygen atoms in total. The van der Waals surface area contributed by atoms with Crippen LogP contribution in [0.2, 0.25) is 10.0 Å². The van der Waals surface area contributed by atoms with E-state index in [1.165, 1.54) is 30.1 Å². The lowest BCUT2D eigenvalue weighted by molar-refractivity contribution is -0.119. The Balaban J connectivity index is 1.57. The number of hydrogen-bond donors (Lipinski definition) is 1. The Bertz CT molecular complexity index is 1700. The molecule has 1 amide bonds. The molecule has 1 heterocycles. The fourth-order valence-electron chi connectivity index (χ4n) is 4.35. The van der Waals surface area contributed by atoms with E-state index in [9.17, 15) is 13.2 Å². The third-order valence-corrected chi connectivity index (χ3v) is 9.47. The number of aromatic nitrogens is 1. The molecule has 0 bridgehead atoms. The molecule has 0 radical (unpaired) electrons. The number of carbonyl (C=O) groups excluding carboxylic acids is 1. The first-order valence-electron chi connectivity index (χ1n) is 12.9. The molecule has 4 aromatic rings. The van der Waals surface area contributed by atoms with Crippen molar-refractivity contribution in [2.75, 3.05) is 23.7 Å². The molecule has 42 heavy (non-hydrogen) atoms. The van der Waals surface area contributed by atoms with Crippen LogP contribution in [0, 0.1) is 13.8 Å². The molecule has 0 aliphatic heterocycles. The number of nitrogens with zero attached hydrogens (tertiary/aromatic N) is 3. The number of hydrogen-bond acceptors (Lipinski definition) is 6. The molecule has 0 atom stereocenters. The van der Waals surface area contributed by atoms with Gasteiger partial charge in [-0.2, -0.15) is 5.10 Å². The van der Waals surface area contributed by atoms with Crippen molar-refractivity contribution < 1.29 is 17.9 Å². The molecule has 0 aliphatic rings. The molecule has 4 rings (SSSR count). The van der Waals surface area contributed by atoms with E-state index in [2.05, 4.69) is 10.5 Å². The number of ether oxygens (including phenoxy) is 1. The maximum absolute atomic E-state index is 13.7. The summed E-state index contributed by atoms with van der Waals surface area (Å²) in [4.78, 5) is 14.0. The van der Waals surface area contributed by atoms with Crippen LogP contribution in [0.5, 0.6) is 5.75 Å². The Morgan fingerprint density at radius 3 is 2.38 bits per heavy atom. The number of halogens is 2. The number of benzene rings is 3. The van der Waals surface area contributed by atoms with Crippen molar-refractivity contribution in [3.8, 4) is 11.4 Å². The lowest BCUT2D eigenvalue weighted by Crippen LogP contribution is -2.39. The molecule has 0 aliphatic carbocycles. The van der Waals surface area contributed by atoms with Crippen LogP contribution in [-0.2, 0) is 14.8 Å². The topological polar surface area (TPSA) is 93.0 Å². The molecule has 220 valence electrons. The first-order chi connectivity index (χ1) is 20.0. The minimum Gasteiger partial charge on any atom is -0.494 e. The Labute approximate surface area is 260 Å². The number of rotatable bonds is 11. The van der Waals surface area contributed by atoms with E-state index in [1.54, 1.807) is 54.6 Å². The van der Waals surface area contributed by atoms with Crippen LogP contribution in [-0.4, -0.2) is 44.5 Å². The average Bonchev–Trinajstić information content (AvgIpc) is 3.25. The second kappa shape index (κ2) is 13.7. The number of sulfonamides is 1. The predicted molar refractivity (Wildman–Crippen MR) is 171 cm³/mol. The molecular weight excluding hydrogens is 615 g/mol. The van der Waals surface area contributed by atoms with Crippen molar-refractivity contribution in [1.82, 2.24) is 9.99 Å². The van der Waals surface area contributed by atoms with Crippen LogP contribution in [0.1, 0.15) is 23.9 Å². The largest absolute Gasteiger partial charge is 0.494 e. The molecule has 0 spiro atoms. The maximum Gasteiger partial charge on any atom is 0.264 e. The highest BCUT2D eigenvalue weighted by Crippen LogP contribution is 2.29. The molecule has 0 unspecified atom stereocenters. The number of carbonyl (C=O) groups is 1. The van der Waals surface area contributed by atoms with Crippen LogP contribution in [0.25, 0.3) is 5.69 Å². The molecule has 0 saturated heterocycles. The van der Waals surface area contributed by atoms with E-state index < -0.39 is 22.5 Å². The Hall–Kier alpha value is -3.44. The van der Waals surface area contributed by atoms with Crippen LogP contribution in [0.4, 0.5) is 5.69 Å². The van der Waals surface area contributed by atoms with E-state index in [-0.39, 0.29) is 4.90 Å². The van der Waals surface area contributed by atoms with E-state index in [1.807, 2.05) is 37.7 Å². The number of aryl methyl sites for hydroxylation is 1. The highest BCUT2D eigenvalue weighted by Gasteiger charge is 2.27. The van der Waals surface area contributed by atoms with Crippen LogP contribution in [0.15, 0.2) is 87.7 Å². The quantitative estimate of drug-likeness (QED) is 0.109. The summed E-state index contributed by atoms with van der Waals surface area (Å²) in [5, 5.41) is 5.20. The highest BCUT2D eigenvalue weighted by atomic mass is 35.5. The van der Waals surface area contributed by atoms with Crippen molar-refractivity contribution in [2.45, 2.75) is 30.6 Å². The highest BCUT2D eigenvalue weighted by molar-refractivity contribution is 7.98. The number of thioether (sulfide) groups is 1. The summed E-state index contributed by atoms with van der Waals surface area (Å²) in [5.41, 5.74) is 5.97. The minimum atomic E-state index is -4.08. The van der Waals surface area contributed by atoms with Gasteiger partial charge in [0, 0.05) is 26.9 Å².